The molecule has 7 nitrogen and oxygen atoms in total. The zero-order chi connectivity index (χ0) is 30.2. The molecule has 3 aromatic rings. The standard InChI is InChI=1S/C35H40N2O5S/c1-4-25(23-42-43(39,40)28-16-14-24(2)15-17-28)20-27-21-29(34(38)41-3)32-35(30-12-8-9-13-31(30)36-32)18-19-37(33(27)35)22-26-10-6-5-7-11-26/h5-17,25,27,33,36H,4,18-23H2,1-3H3. The highest BCUT2D eigenvalue weighted by molar-refractivity contribution is 7.86. The van der Waals surface area contributed by atoms with Crippen molar-refractivity contribution >= 4 is 21.8 Å². The number of nitrogens with zero attached hydrogens (tertiary/aromatic N) is 1. The van der Waals surface area contributed by atoms with Crippen molar-refractivity contribution in [2.75, 3.05) is 25.6 Å². The zero-order valence-electron chi connectivity index (χ0n) is 25.1. The number of methoxy groups -OCH3 is 1. The number of nitrogens with one attached hydrogen (secondary N) is 1. The van der Waals surface area contributed by atoms with Gasteiger partial charge in [-0.25, -0.2) is 4.79 Å². The third-order valence-electron chi connectivity index (χ3n) is 9.66. The summed E-state index contributed by atoms with van der Waals surface area (Å²) in [7, 11) is -2.43. The molecule has 0 saturated carbocycles. The largest absolute Gasteiger partial charge is 0.466 e. The van der Waals surface area contributed by atoms with Crippen molar-refractivity contribution in [3.8, 4) is 0 Å². The van der Waals surface area contributed by atoms with Crippen LogP contribution < -0.4 is 5.32 Å². The molecule has 2 heterocycles. The van der Waals surface area contributed by atoms with Gasteiger partial charge in [-0.05, 0) is 67.3 Å². The van der Waals surface area contributed by atoms with Crippen molar-refractivity contribution in [2.45, 2.75) is 62.4 Å². The van der Waals surface area contributed by atoms with Crippen molar-refractivity contribution in [3.63, 3.8) is 0 Å². The zero-order valence-corrected chi connectivity index (χ0v) is 25.9. The van der Waals surface area contributed by atoms with Crippen LogP contribution in [0.2, 0.25) is 0 Å². The van der Waals surface area contributed by atoms with Gasteiger partial charge in [0.25, 0.3) is 10.1 Å². The molecule has 4 unspecified atom stereocenters. The Morgan fingerprint density at radius 3 is 2.49 bits per heavy atom. The first-order valence-electron chi connectivity index (χ1n) is 15.2. The normalized spacial score (nSPS) is 23.7. The van der Waals surface area contributed by atoms with E-state index in [9.17, 15) is 13.2 Å². The average molecular weight is 601 g/mol. The molecule has 226 valence electrons. The minimum atomic E-state index is -3.88. The molecule has 1 fully saturated rings. The quantitative estimate of drug-likeness (QED) is 0.219. The molecule has 43 heavy (non-hydrogen) atoms. The van der Waals surface area contributed by atoms with Crippen molar-refractivity contribution in [3.05, 3.63) is 107 Å². The first-order valence-corrected chi connectivity index (χ1v) is 16.6. The van der Waals surface area contributed by atoms with E-state index in [1.165, 1.54) is 18.2 Å². The molecule has 0 amide bonds. The fourth-order valence-corrected chi connectivity index (χ4v) is 8.60. The highest BCUT2D eigenvalue weighted by Crippen LogP contribution is 2.60. The monoisotopic (exact) mass is 600 g/mol. The van der Waals surface area contributed by atoms with E-state index < -0.39 is 10.1 Å². The number of fused-ring (bicyclic) bond motifs is 1. The molecule has 2 aliphatic heterocycles. The molecule has 6 rings (SSSR count). The van der Waals surface area contributed by atoms with Gasteiger partial charge < -0.3 is 10.1 Å². The van der Waals surface area contributed by atoms with Crippen LogP contribution in [0.5, 0.6) is 0 Å². The summed E-state index contributed by atoms with van der Waals surface area (Å²) in [6.07, 6.45) is 2.93. The van der Waals surface area contributed by atoms with E-state index in [4.69, 9.17) is 8.92 Å². The predicted octanol–water partition coefficient (Wildman–Crippen LogP) is 6.20. The predicted molar refractivity (Wildman–Crippen MR) is 167 cm³/mol. The molecule has 0 aromatic heterocycles. The second-order valence-electron chi connectivity index (χ2n) is 12.2. The van der Waals surface area contributed by atoms with Gasteiger partial charge in [0.05, 0.1) is 29.6 Å². The molecule has 4 atom stereocenters. The van der Waals surface area contributed by atoms with Crippen LogP contribution in [0.1, 0.15) is 49.3 Å². The molecule has 1 saturated heterocycles. The number of esters is 1. The van der Waals surface area contributed by atoms with Crippen LogP contribution in [0.15, 0.2) is 95.0 Å². The first-order chi connectivity index (χ1) is 20.8. The van der Waals surface area contributed by atoms with Crippen molar-refractivity contribution in [1.82, 2.24) is 4.90 Å². The van der Waals surface area contributed by atoms with Crippen LogP contribution in [-0.2, 0) is 35.8 Å². The summed E-state index contributed by atoms with van der Waals surface area (Å²) in [6.45, 7) is 5.80. The van der Waals surface area contributed by atoms with E-state index in [1.807, 2.05) is 19.1 Å². The van der Waals surface area contributed by atoms with Gasteiger partial charge in [0.15, 0.2) is 0 Å². The van der Waals surface area contributed by atoms with E-state index in [0.717, 1.165) is 49.3 Å². The SMILES string of the molecule is CCC(COS(=O)(=O)c1ccc(C)cc1)CC1CC(C(=O)OC)=C2Nc3ccccc3C23CCN(Cc2ccccc2)C13. The van der Waals surface area contributed by atoms with Gasteiger partial charge in [-0.1, -0.05) is 79.6 Å². The Kier molecular flexibility index (Phi) is 8.20. The third kappa shape index (κ3) is 5.41. The number of carbonyl (C=O) groups excluding carboxylic acids is 1. The number of para-hydroxylation sites is 1. The summed E-state index contributed by atoms with van der Waals surface area (Å²) < 4.78 is 37.1. The lowest BCUT2D eigenvalue weighted by Gasteiger charge is -2.46. The molecule has 8 heteroatoms. The minimum Gasteiger partial charge on any atom is -0.466 e. The number of aryl methyl sites for hydroxylation is 1. The van der Waals surface area contributed by atoms with E-state index in [-0.39, 0.29) is 40.8 Å². The number of carbonyl (C=O) groups is 1. The Morgan fingerprint density at radius 2 is 1.77 bits per heavy atom. The maximum atomic E-state index is 13.3. The van der Waals surface area contributed by atoms with E-state index in [1.54, 1.807) is 24.3 Å². The molecular weight excluding hydrogens is 560 g/mol. The van der Waals surface area contributed by atoms with Crippen LogP contribution in [-0.4, -0.2) is 45.6 Å². The van der Waals surface area contributed by atoms with Gasteiger partial charge in [-0.15, -0.1) is 0 Å². The second kappa shape index (κ2) is 11.9. The van der Waals surface area contributed by atoms with Crippen molar-refractivity contribution in [1.29, 1.82) is 0 Å². The molecule has 3 aromatic carbocycles. The lowest BCUT2D eigenvalue weighted by molar-refractivity contribution is -0.136. The Bertz CT molecular complexity index is 1620. The van der Waals surface area contributed by atoms with Crippen molar-refractivity contribution < 1.29 is 22.1 Å². The lowest BCUT2D eigenvalue weighted by Crippen LogP contribution is -2.52. The number of hydrogen-bond donors (Lipinski definition) is 1. The maximum Gasteiger partial charge on any atom is 0.335 e. The number of ether oxygens (including phenoxy) is 1. The van der Waals surface area contributed by atoms with Gasteiger partial charge in [0.1, 0.15) is 0 Å². The summed E-state index contributed by atoms with van der Waals surface area (Å²) in [5.74, 6) is -0.218. The van der Waals surface area contributed by atoms with Crippen LogP contribution in [0.25, 0.3) is 0 Å². The van der Waals surface area contributed by atoms with Gasteiger partial charge >= 0.3 is 5.97 Å². The summed E-state index contributed by atoms with van der Waals surface area (Å²) in [6, 6.07) is 25.8. The second-order valence-corrected chi connectivity index (χ2v) is 13.8. The number of anilines is 1. The maximum absolute atomic E-state index is 13.3. The highest BCUT2D eigenvalue weighted by atomic mass is 32.2. The van der Waals surface area contributed by atoms with Gasteiger partial charge in [-0.2, -0.15) is 8.42 Å². The van der Waals surface area contributed by atoms with E-state index in [2.05, 4.69) is 59.6 Å². The number of hydrogen-bond acceptors (Lipinski definition) is 7. The fourth-order valence-electron chi connectivity index (χ4n) is 7.62. The highest BCUT2D eigenvalue weighted by Gasteiger charge is 2.61. The van der Waals surface area contributed by atoms with Crippen LogP contribution in [0, 0.1) is 18.8 Å². The number of likely N-dealkylation sites (tertiary alicyclic amines) is 1. The molecule has 0 radical (unpaired) electrons. The molecular formula is C35H40N2O5S. The molecule has 1 N–H and O–H groups in total. The minimum absolute atomic E-state index is 0.00787. The van der Waals surface area contributed by atoms with E-state index >= 15 is 0 Å². The van der Waals surface area contributed by atoms with Crippen LogP contribution >= 0.6 is 0 Å². The lowest BCUT2D eigenvalue weighted by atomic mass is 9.62. The number of benzene rings is 3. The summed E-state index contributed by atoms with van der Waals surface area (Å²) in [4.78, 5) is 16.1. The molecule has 1 spiro atoms. The Morgan fingerprint density at radius 1 is 1.05 bits per heavy atom. The Labute approximate surface area is 255 Å². The van der Waals surface area contributed by atoms with E-state index in [0.29, 0.717) is 12.0 Å². The summed E-state index contributed by atoms with van der Waals surface area (Å²) >= 11 is 0. The first kappa shape index (κ1) is 29.6. The molecule has 0 bridgehead atoms. The number of rotatable bonds is 10. The Hall–Kier alpha value is -3.46. The van der Waals surface area contributed by atoms with Crippen molar-refractivity contribution in [2.24, 2.45) is 11.8 Å². The van der Waals surface area contributed by atoms with Gasteiger partial charge in [0.2, 0.25) is 0 Å². The van der Waals surface area contributed by atoms with Gasteiger partial charge in [-0.3, -0.25) is 9.08 Å². The fraction of sp³-hybridized carbons (Fsp3) is 0.400. The third-order valence-corrected chi connectivity index (χ3v) is 11.0. The average Bonchev–Trinajstić information content (AvgIpc) is 3.57. The topological polar surface area (TPSA) is 84.9 Å². The Balaban J connectivity index is 1.35. The smallest absolute Gasteiger partial charge is 0.335 e. The summed E-state index contributed by atoms with van der Waals surface area (Å²) in [5, 5.41) is 3.65. The molecule has 3 aliphatic rings. The van der Waals surface area contributed by atoms with Crippen LogP contribution in [0.3, 0.4) is 0 Å². The van der Waals surface area contributed by atoms with Gasteiger partial charge in [0, 0.05) is 30.5 Å². The summed E-state index contributed by atoms with van der Waals surface area (Å²) in [5.41, 5.74) is 5.82. The van der Waals surface area contributed by atoms with Crippen LogP contribution in [0.4, 0.5) is 5.69 Å². The molecule has 1 aliphatic carbocycles.